The fourth-order valence-corrected chi connectivity index (χ4v) is 4.18. The van der Waals surface area contributed by atoms with Gasteiger partial charge in [-0.2, -0.15) is 0 Å². The molecule has 8 heteroatoms. The molecular weight excluding hydrogens is 442 g/mol. The third kappa shape index (κ3) is 4.28. The first-order valence-corrected chi connectivity index (χ1v) is 10.4. The maximum atomic E-state index is 12.2. The van der Waals surface area contributed by atoms with Crippen molar-refractivity contribution in [2.45, 2.75) is 25.9 Å². The van der Waals surface area contributed by atoms with Gasteiger partial charge in [-0.1, -0.05) is 12.1 Å². The number of halogens is 1. The van der Waals surface area contributed by atoms with Crippen LogP contribution >= 0.6 is 27.3 Å². The highest BCUT2D eigenvalue weighted by Gasteiger charge is 2.09. The molecule has 3 aromatic heterocycles. The number of rotatable bonds is 6. The predicted octanol–water partition coefficient (Wildman–Crippen LogP) is 4.13. The molecule has 0 saturated heterocycles. The number of ether oxygens (including phenoxy) is 1. The van der Waals surface area contributed by atoms with E-state index < -0.39 is 0 Å². The summed E-state index contributed by atoms with van der Waals surface area (Å²) in [5, 5.41) is 1.02. The van der Waals surface area contributed by atoms with Gasteiger partial charge >= 0.3 is 5.97 Å². The van der Waals surface area contributed by atoms with E-state index in [1.165, 1.54) is 10.5 Å². The molecule has 3 heterocycles. The van der Waals surface area contributed by atoms with Crippen molar-refractivity contribution in [3.05, 3.63) is 74.2 Å². The molecule has 0 bridgehead atoms. The average molecular weight is 458 g/mol. The number of benzene rings is 1. The number of aryl methyl sites for hydroxylation is 1. The lowest BCUT2D eigenvalue weighted by atomic mass is 10.2. The van der Waals surface area contributed by atoms with Crippen molar-refractivity contribution < 1.29 is 9.53 Å². The number of esters is 1. The van der Waals surface area contributed by atoms with Crippen molar-refractivity contribution in [2.24, 2.45) is 0 Å². The van der Waals surface area contributed by atoms with Gasteiger partial charge < -0.3 is 4.74 Å². The van der Waals surface area contributed by atoms with Gasteiger partial charge in [0.15, 0.2) is 0 Å². The minimum Gasteiger partial charge on any atom is -0.459 e. The molecule has 28 heavy (non-hydrogen) atoms. The molecule has 0 unspecified atom stereocenters. The first kappa shape index (κ1) is 18.8. The molecule has 0 spiro atoms. The largest absolute Gasteiger partial charge is 0.459 e. The summed E-state index contributed by atoms with van der Waals surface area (Å²) in [7, 11) is 0. The lowest BCUT2D eigenvalue weighted by Gasteiger charge is -2.06. The van der Waals surface area contributed by atoms with Gasteiger partial charge in [-0.15, -0.1) is 11.3 Å². The Bertz CT molecular complexity index is 1190. The fraction of sp³-hybridized carbons (Fsp3) is 0.200. The highest BCUT2D eigenvalue weighted by Crippen LogP contribution is 2.22. The van der Waals surface area contributed by atoms with Crippen LogP contribution in [0, 0.1) is 0 Å². The van der Waals surface area contributed by atoms with E-state index in [4.69, 9.17) is 4.74 Å². The second-order valence-electron chi connectivity index (χ2n) is 6.25. The van der Waals surface area contributed by atoms with Crippen LogP contribution in [0.1, 0.15) is 23.5 Å². The summed E-state index contributed by atoms with van der Waals surface area (Å²) in [6, 6.07) is 12.9. The van der Waals surface area contributed by atoms with E-state index in [1.54, 1.807) is 29.7 Å². The van der Waals surface area contributed by atoms with E-state index in [9.17, 15) is 9.59 Å². The zero-order valence-electron chi connectivity index (χ0n) is 14.8. The molecule has 142 valence electrons. The fourth-order valence-electron chi connectivity index (χ4n) is 2.84. The standard InChI is InChI=1S/C20H16BrN3O3S/c21-13-8-9-17-22-14(10-19(25)24(17)11-13)12-27-20(26)7-3-6-18-23-15-4-1-2-5-16(15)28-18/h1-2,4-5,8-11H,3,6-7,12H2. The monoisotopic (exact) mass is 457 g/mol. The van der Waals surface area contributed by atoms with Crippen molar-refractivity contribution in [1.29, 1.82) is 0 Å². The quantitative estimate of drug-likeness (QED) is 0.407. The van der Waals surface area contributed by atoms with Gasteiger partial charge in [0.1, 0.15) is 12.3 Å². The molecular formula is C20H16BrN3O3S. The third-order valence-corrected chi connectivity index (χ3v) is 5.73. The van der Waals surface area contributed by atoms with Crippen LogP contribution in [0.25, 0.3) is 15.9 Å². The van der Waals surface area contributed by atoms with Crippen LogP contribution < -0.4 is 5.56 Å². The van der Waals surface area contributed by atoms with Gasteiger partial charge in [-0.25, -0.2) is 9.97 Å². The van der Waals surface area contributed by atoms with Gasteiger partial charge in [0.05, 0.1) is 20.9 Å². The number of fused-ring (bicyclic) bond motifs is 2. The normalized spacial score (nSPS) is 11.2. The topological polar surface area (TPSA) is 73.6 Å². The molecule has 1 aromatic carbocycles. The van der Waals surface area contributed by atoms with Gasteiger partial charge in [0.2, 0.25) is 0 Å². The smallest absolute Gasteiger partial charge is 0.306 e. The van der Waals surface area contributed by atoms with Gasteiger partial charge in [-0.05, 0) is 53.0 Å². The first-order chi connectivity index (χ1) is 13.6. The van der Waals surface area contributed by atoms with Gasteiger partial charge in [-0.3, -0.25) is 14.0 Å². The van der Waals surface area contributed by atoms with Crippen molar-refractivity contribution in [3.63, 3.8) is 0 Å². The predicted molar refractivity (Wildman–Crippen MR) is 112 cm³/mol. The lowest BCUT2D eigenvalue weighted by Crippen LogP contribution is -2.16. The zero-order chi connectivity index (χ0) is 19.5. The number of nitrogens with zero attached hydrogens (tertiary/aromatic N) is 3. The zero-order valence-corrected chi connectivity index (χ0v) is 17.2. The number of carbonyl (C=O) groups is 1. The number of aromatic nitrogens is 3. The molecule has 6 nitrogen and oxygen atoms in total. The number of para-hydroxylation sites is 1. The Morgan fingerprint density at radius 1 is 1.18 bits per heavy atom. The average Bonchev–Trinajstić information content (AvgIpc) is 3.10. The molecule has 4 aromatic rings. The molecule has 0 N–H and O–H groups in total. The summed E-state index contributed by atoms with van der Waals surface area (Å²) in [6.07, 6.45) is 3.36. The van der Waals surface area contributed by atoms with Crippen molar-refractivity contribution in [1.82, 2.24) is 14.4 Å². The van der Waals surface area contributed by atoms with E-state index in [0.717, 1.165) is 26.1 Å². The number of pyridine rings is 1. The summed E-state index contributed by atoms with van der Waals surface area (Å²) in [5.74, 6) is -0.307. The number of carbonyl (C=O) groups excluding carboxylic acids is 1. The molecule has 4 rings (SSSR count). The van der Waals surface area contributed by atoms with Crippen LogP contribution in [0.15, 0.2) is 57.9 Å². The number of hydrogen-bond acceptors (Lipinski definition) is 6. The Kier molecular flexibility index (Phi) is 5.50. The summed E-state index contributed by atoms with van der Waals surface area (Å²) in [5.41, 5.74) is 1.73. The first-order valence-electron chi connectivity index (χ1n) is 8.76. The summed E-state index contributed by atoms with van der Waals surface area (Å²) in [4.78, 5) is 33.1. The minimum atomic E-state index is -0.307. The highest BCUT2D eigenvalue weighted by molar-refractivity contribution is 9.10. The van der Waals surface area contributed by atoms with Crippen molar-refractivity contribution in [3.8, 4) is 0 Å². The van der Waals surface area contributed by atoms with Crippen LogP contribution in [0.2, 0.25) is 0 Å². The van der Waals surface area contributed by atoms with Crippen molar-refractivity contribution >= 4 is 49.1 Å². The second-order valence-corrected chi connectivity index (χ2v) is 8.28. The Hall–Kier alpha value is -2.58. The van der Waals surface area contributed by atoms with Crippen LogP contribution in [-0.2, 0) is 22.6 Å². The van der Waals surface area contributed by atoms with E-state index >= 15 is 0 Å². The molecule has 0 radical (unpaired) electrons. The Morgan fingerprint density at radius 2 is 2.04 bits per heavy atom. The number of thiazole rings is 1. The molecule has 0 aliphatic carbocycles. The Balaban J connectivity index is 1.31. The molecule has 0 fully saturated rings. The Morgan fingerprint density at radius 3 is 2.89 bits per heavy atom. The van der Waals surface area contributed by atoms with Crippen LogP contribution in [0.3, 0.4) is 0 Å². The molecule has 0 atom stereocenters. The van der Waals surface area contributed by atoms with Gasteiger partial charge in [0.25, 0.3) is 5.56 Å². The maximum Gasteiger partial charge on any atom is 0.306 e. The summed E-state index contributed by atoms with van der Waals surface area (Å²) < 4.78 is 8.66. The summed E-state index contributed by atoms with van der Waals surface area (Å²) in [6.45, 7) is -0.0121. The summed E-state index contributed by atoms with van der Waals surface area (Å²) >= 11 is 4.97. The van der Waals surface area contributed by atoms with Crippen LogP contribution in [0.5, 0.6) is 0 Å². The third-order valence-electron chi connectivity index (χ3n) is 4.17. The van der Waals surface area contributed by atoms with E-state index in [2.05, 4.69) is 25.9 Å². The molecule has 0 aliphatic heterocycles. The molecule has 0 saturated carbocycles. The van der Waals surface area contributed by atoms with E-state index in [-0.39, 0.29) is 18.1 Å². The Labute approximate surface area is 173 Å². The van der Waals surface area contributed by atoms with Crippen LogP contribution in [0.4, 0.5) is 0 Å². The minimum absolute atomic E-state index is 0.0121. The van der Waals surface area contributed by atoms with Crippen molar-refractivity contribution in [2.75, 3.05) is 0 Å². The molecule has 0 aliphatic rings. The van der Waals surface area contributed by atoms with E-state index in [0.29, 0.717) is 24.2 Å². The SMILES string of the molecule is O=C(CCCc1nc2ccccc2s1)OCc1cc(=O)n2cc(Br)ccc2n1. The maximum absolute atomic E-state index is 12.2. The van der Waals surface area contributed by atoms with E-state index in [1.807, 2.05) is 24.3 Å². The second kappa shape index (κ2) is 8.20. The number of hydrogen-bond donors (Lipinski definition) is 0. The lowest BCUT2D eigenvalue weighted by molar-refractivity contribution is -0.145. The van der Waals surface area contributed by atoms with Gasteiger partial charge in [0, 0.05) is 23.2 Å². The highest BCUT2D eigenvalue weighted by atomic mass is 79.9. The molecule has 0 amide bonds. The van der Waals surface area contributed by atoms with Crippen LogP contribution in [-0.4, -0.2) is 20.3 Å².